The number of aryl methyl sites for hydroxylation is 1. The van der Waals surface area contributed by atoms with Crippen molar-refractivity contribution in [3.05, 3.63) is 45.3 Å². The third-order valence-corrected chi connectivity index (χ3v) is 5.55. The van der Waals surface area contributed by atoms with Crippen molar-refractivity contribution < 1.29 is 0 Å². The van der Waals surface area contributed by atoms with E-state index in [1.165, 1.54) is 10.4 Å². The smallest absolute Gasteiger partial charge is 0.134 e. The van der Waals surface area contributed by atoms with E-state index in [9.17, 15) is 0 Å². The van der Waals surface area contributed by atoms with Gasteiger partial charge < -0.3 is 15.5 Å². The number of fused-ring (bicyclic) bond motifs is 2. The fraction of sp³-hybridized carbons (Fsp3) is 0.421. The zero-order valence-electron chi connectivity index (χ0n) is 15.0. The largest absolute Gasteiger partial charge is 0.357 e. The van der Waals surface area contributed by atoms with Crippen molar-refractivity contribution in [2.75, 3.05) is 32.0 Å². The minimum Gasteiger partial charge on any atom is -0.357 e. The highest BCUT2D eigenvalue weighted by Gasteiger charge is 2.21. The van der Waals surface area contributed by atoms with Gasteiger partial charge in [-0.3, -0.25) is 4.99 Å². The Morgan fingerprint density at radius 2 is 2.20 bits per heavy atom. The van der Waals surface area contributed by atoms with Crippen molar-refractivity contribution >= 4 is 39.5 Å². The minimum atomic E-state index is 0.634. The van der Waals surface area contributed by atoms with Crippen molar-refractivity contribution in [1.29, 1.82) is 0 Å². The van der Waals surface area contributed by atoms with E-state index >= 15 is 0 Å². The first-order valence-corrected chi connectivity index (χ1v) is 9.92. The second-order valence-corrected chi connectivity index (χ2v) is 7.90. The summed E-state index contributed by atoms with van der Waals surface area (Å²) in [5, 5.41) is 8.74. The van der Waals surface area contributed by atoms with Crippen LogP contribution in [0.5, 0.6) is 0 Å². The van der Waals surface area contributed by atoms with Gasteiger partial charge in [-0.15, -0.1) is 11.3 Å². The molecule has 0 aliphatic carbocycles. The third kappa shape index (κ3) is 4.17. The van der Waals surface area contributed by atoms with E-state index in [2.05, 4.69) is 35.4 Å². The normalized spacial score (nSPS) is 13.2. The Balaban J connectivity index is 2.00. The molecule has 0 amide bonds. The van der Waals surface area contributed by atoms with Crippen LogP contribution in [0.2, 0.25) is 5.02 Å². The summed E-state index contributed by atoms with van der Waals surface area (Å²) in [6.07, 6.45) is 1.09. The lowest BCUT2D eigenvalue weighted by Crippen LogP contribution is -2.34. The van der Waals surface area contributed by atoms with E-state index in [1.807, 2.05) is 25.2 Å². The maximum absolute atomic E-state index is 6.19. The lowest BCUT2D eigenvalue weighted by atomic mass is 10.1. The minimum absolute atomic E-state index is 0.634. The summed E-state index contributed by atoms with van der Waals surface area (Å²) in [6, 6.07) is 8.22. The summed E-state index contributed by atoms with van der Waals surface area (Å²) < 4.78 is 0. The Kier molecular flexibility index (Phi) is 5.99. The Morgan fingerprint density at radius 1 is 1.36 bits per heavy atom. The fourth-order valence-corrected chi connectivity index (χ4v) is 4.20. The molecule has 1 aromatic carbocycles. The van der Waals surface area contributed by atoms with Crippen LogP contribution in [-0.4, -0.2) is 37.4 Å². The molecule has 0 radical (unpaired) electrons. The van der Waals surface area contributed by atoms with Gasteiger partial charge >= 0.3 is 0 Å². The summed E-state index contributed by atoms with van der Waals surface area (Å²) >= 11 is 7.97. The van der Waals surface area contributed by atoms with Gasteiger partial charge in [-0.25, -0.2) is 0 Å². The molecule has 0 unspecified atom stereocenters. The lowest BCUT2D eigenvalue weighted by molar-refractivity contribution is 0.426. The van der Waals surface area contributed by atoms with E-state index in [0.717, 1.165) is 53.2 Å². The molecule has 2 aromatic rings. The number of hydrogen-bond donors (Lipinski definition) is 2. The molecular formula is C19H25ClN4S. The van der Waals surface area contributed by atoms with Gasteiger partial charge in [0.15, 0.2) is 0 Å². The van der Waals surface area contributed by atoms with Crippen LogP contribution in [0.4, 0.5) is 10.7 Å². The summed E-state index contributed by atoms with van der Waals surface area (Å²) in [5.74, 6) is 1.08. The van der Waals surface area contributed by atoms with E-state index in [4.69, 9.17) is 16.6 Å². The number of amidine groups is 1. The Morgan fingerprint density at radius 3 is 2.96 bits per heavy atom. The fourth-order valence-electron chi connectivity index (χ4n) is 3.09. The van der Waals surface area contributed by atoms with Gasteiger partial charge in [0.1, 0.15) is 10.8 Å². The van der Waals surface area contributed by atoms with Crippen LogP contribution >= 0.6 is 22.9 Å². The molecule has 1 aliphatic rings. The van der Waals surface area contributed by atoms with Crippen LogP contribution in [-0.2, 0) is 6.54 Å². The van der Waals surface area contributed by atoms with E-state index in [0.29, 0.717) is 6.54 Å². The highest BCUT2D eigenvalue weighted by molar-refractivity contribution is 7.16. The van der Waals surface area contributed by atoms with Crippen LogP contribution < -0.4 is 10.6 Å². The lowest BCUT2D eigenvalue weighted by Gasteiger charge is -2.27. The Labute approximate surface area is 158 Å². The number of nitrogens with one attached hydrogen (secondary N) is 2. The van der Waals surface area contributed by atoms with Crippen LogP contribution in [0.15, 0.2) is 29.3 Å². The summed E-state index contributed by atoms with van der Waals surface area (Å²) in [4.78, 5) is 8.66. The van der Waals surface area contributed by atoms with E-state index in [-0.39, 0.29) is 0 Å². The van der Waals surface area contributed by atoms with Gasteiger partial charge in [-0.1, -0.05) is 11.6 Å². The van der Waals surface area contributed by atoms with Crippen molar-refractivity contribution in [3.8, 4) is 0 Å². The SMILES string of the molecule is CCN(CCCNC)C1=NCc2cc(Cl)ccc2Nc2sc(C)cc21. The molecular weight excluding hydrogens is 352 g/mol. The number of thiophene rings is 1. The zero-order chi connectivity index (χ0) is 17.8. The summed E-state index contributed by atoms with van der Waals surface area (Å²) in [6.45, 7) is 7.92. The van der Waals surface area contributed by atoms with Crippen molar-refractivity contribution in [3.63, 3.8) is 0 Å². The molecule has 0 fully saturated rings. The number of anilines is 2. The first-order valence-electron chi connectivity index (χ1n) is 8.72. The average Bonchev–Trinajstić information content (AvgIpc) is 2.94. The topological polar surface area (TPSA) is 39.7 Å². The standard InChI is InChI=1S/C19H25ClN4S/c1-4-24(9-5-8-21-3)18-16-10-13(2)25-19(16)23-17-7-6-15(20)11-14(17)12-22-18/h6-7,10-11,21,23H,4-5,8-9,12H2,1-3H3. The maximum Gasteiger partial charge on any atom is 0.134 e. The predicted molar refractivity (Wildman–Crippen MR) is 110 cm³/mol. The van der Waals surface area contributed by atoms with Crippen LogP contribution in [0.3, 0.4) is 0 Å². The van der Waals surface area contributed by atoms with Gasteiger partial charge in [0.05, 0.1) is 12.1 Å². The molecule has 0 saturated heterocycles. The zero-order valence-corrected chi connectivity index (χ0v) is 16.6. The van der Waals surface area contributed by atoms with Gasteiger partial charge in [0, 0.05) is 28.7 Å². The van der Waals surface area contributed by atoms with Crippen LogP contribution in [0.1, 0.15) is 29.3 Å². The van der Waals surface area contributed by atoms with Crippen molar-refractivity contribution in [1.82, 2.24) is 10.2 Å². The molecule has 0 saturated carbocycles. The van der Waals surface area contributed by atoms with Crippen LogP contribution in [0, 0.1) is 6.92 Å². The Hall–Kier alpha value is -1.56. The van der Waals surface area contributed by atoms with E-state index in [1.54, 1.807) is 11.3 Å². The van der Waals surface area contributed by atoms with Gasteiger partial charge in [0.2, 0.25) is 0 Å². The predicted octanol–water partition coefficient (Wildman–Crippen LogP) is 4.65. The van der Waals surface area contributed by atoms with Crippen LogP contribution in [0.25, 0.3) is 0 Å². The molecule has 1 aromatic heterocycles. The number of hydrogen-bond acceptors (Lipinski definition) is 5. The molecule has 6 heteroatoms. The van der Waals surface area contributed by atoms with Crippen molar-refractivity contribution in [2.24, 2.45) is 4.99 Å². The second-order valence-electron chi connectivity index (χ2n) is 6.20. The molecule has 0 bridgehead atoms. The number of aliphatic imine (C=N–C) groups is 1. The number of rotatable bonds is 5. The summed E-state index contributed by atoms with van der Waals surface area (Å²) in [5.41, 5.74) is 3.43. The molecule has 3 rings (SSSR count). The number of halogens is 1. The van der Waals surface area contributed by atoms with Gasteiger partial charge in [0.25, 0.3) is 0 Å². The highest BCUT2D eigenvalue weighted by Crippen LogP contribution is 2.35. The van der Waals surface area contributed by atoms with Gasteiger partial charge in [-0.05, 0) is 63.7 Å². The molecule has 134 valence electrons. The van der Waals surface area contributed by atoms with E-state index < -0.39 is 0 Å². The number of nitrogens with zero attached hydrogens (tertiary/aromatic N) is 2. The maximum atomic E-state index is 6.19. The highest BCUT2D eigenvalue weighted by atomic mass is 35.5. The second kappa shape index (κ2) is 8.21. The molecule has 2 N–H and O–H groups in total. The van der Waals surface area contributed by atoms with Crippen molar-refractivity contribution in [2.45, 2.75) is 26.8 Å². The van der Waals surface area contributed by atoms with Gasteiger partial charge in [-0.2, -0.15) is 0 Å². The molecule has 25 heavy (non-hydrogen) atoms. The number of benzene rings is 1. The molecule has 0 atom stereocenters. The summed E-state index contributed by atoms with van der Waals surface area (Å²) in [7, 11) is 1.99. The first-order chi connectivity index (χ1) is 12.1. The monoisotopic (exact) mass is 376 g/mol. The first kappa shape index (κ1) is 18.2. The molecule has 0 spiro atoms. The Bertz CT molecular complexity index is 769. The quantitative estimate of drug-likeness (QED) is 0.746. The average molecular weight is 377 g/mol. The molecule has 1 aliphatic heterocycles. The third-order valence-electron chi connectivity index (χ3n) is 4.35. The molecule has 2 heterocycles. The molecule has 4 nitrogen and oxygen atoms in total.